The number of rotatable bonds is 2. The van der Waals surface area contributed by atoms with Gasteiger partial charge in [-0.3, -0.25) is 0 Å². The van der Waals surface area contributed by atoms with Crippen molar-refractivity contribution in [1.29, 1.82) is 0 Å². The van der Waals surface area contributed by atoms with Crippen LogP contribution in [-0.2, 0) is 6.42 Å². The third kappa shape index (κ3) is 2.15. The zero-order valence-electron chi connectivity index (χ0n) is 10.1. The van der Waals surface area contributed by atoms with Crippen LogP contribution in [0.15, 0.2) is 18.2 Å². The molecule has 0 bridgehead atoms. The maximum absolute atomic E-state index is 4.66. The summed E-state index contributed by atoms with van der Waals surface area (Å²) in [5, 5.41) is 4.61. The topological polar surface area (TPSA) is 28.2 Å². The van der Waals surface area contributed by atoms with Gasteiger partial charge in [0, 0.05) is 31.9 Å². The first-order chi connectivity index (χ1) is 8.36. The molecule has 17 heavy (non-hydrogen) atoms. The van der Waals surface area contributed by atoms with Gasteiger partial charge in [-0.25, -0.2) is 4.98 Å². The Kier molecular flexibility index (Phi) is 2.99. The van der Waals surface area contributed by atoms with E-state index in [2.05, 4.69) is 40.3 Å². The number of anilines is 1. The molecule has 1 aliphatic rings. The molecule has 1 N–H and O–H groups in total. The van der Waals surface area contributed by atoms with E-state index in [-0.39, 0.29) is 0 Å². The summed E-state index contributed by atoms with van der Waals surface area (Å²) in [6, 6.07) is 6.67. The first-order valence-corrected chi connectivity index (χ1v) is 7.03. The summed E-state index contributed by atoms with van der Waals surface area (Å²) >= 11 is 1.81. The van der Waals surface area contributed by atoms with Crippen molar-refractivity contribution in [2.24, 2.45) is 0 Å². The van der Waals surface area contributed by atoms with Crippen LogP contribution in [0.5, 0.6) is 0 Å². The number of nitrogens with one attached hydrogen (secondary N) is 1. The Balaban J connectivity index is 1.94. The lowest BCUT2D eigenvalue weighted by atomic mass is 10.2. The molecule has 1 aliphatic heterocycles. The van der Waals surface area contributed by atoms with Crippen molar-refractivity contribution in [1.82, 2.24) is 10.3 Å². The van der Waals surface area contributed by atoms with Crippen molar-refractivity contribution in [3.8, 4) is 0 Å². The maximum atomic E-state index is 4.66. The maximum Gasteiger partial charge on any atom is 0.0935 e. The number of nitrogens with zero attached hydrogens (tertiary/aromatic N) is 2. The molecule has 2 aromatic rings. The molecule has 0 unspecified atom stereocenters. The van der Waals surface area contributed by atoms with Crippen LogP contribution in [0.1, 0.15) is 11.9 Å². The Morgan fingerprint density at radius 1 is 1.35 bits per heavy atom. The second-order valence-electron chi connectivity index (χ2n) is 4.35. The third-order valence-corrected chi connectivity index (χ3v) is 4.38. The SMILES string of the molecule is CCc1nc2cc(N3CCNCC3)ccc2s1. The molecular weight excluding hydrogens is 230 g/mol. The van der Waals surface area contributed by atoms with Crippen molar-refractivity contribution >= 4 is 27.2 Å². The smallest absolute Gasteiger partial charge is 0.0935 e. The van der Waals surface area contributed by atoms with Gasteiger partial charge in [0.2, 0.25) is 0 Å². The van der Waals surface area contributed by atoms with E-state index >= 15 is 0 Å². The molecule has 0 radical (unpaired) electrons. The molecule has 1 fully saturated rings. The second-order valence-corrected chi connectivity index (χ2v) is 5.47. The average molecular weight is 247 g/mol. The highest BCUT2D eigenvalue weighted by molar-refractivity contribution is 7.18. The number of aryl methyl sites for hydroxylation is 1. The third-order valence-electron chi connectivity index (χ3n) is 3.20. The number of hydrogen-bond acceptors (Lipinski definition) is 4. The summed E-state index contributed by atoms with van der Waals surface area (Å²) in [7, 11) is 0. The number of piperazine rings is 1. The first-order valence-electron chi connectivity index (χ1n) is 6.22. The first kappa shape index (κ1) is 11.0. The predicted molar refractivity (Wildman–Crippen MR) is 74.1 cm³/mol. The van der Waals surface area contributed by atoms with E-state index in [4.69, 9.17) is 0 Å². The Bertz CT molecular complexity index is 514. The van der Waals surface area contributed by atoms with E-state index in [1.807, 2.05) is 11.3 Å². The van der Waals surface area contributed by atoms with Crippen LogP contribution < -0.4 is 10.2 Å². The monoisotopic (exact) mass is 247 g/mol. The van der Waals surface area contributed by atoms with Crippen molar-refractivity contribution in [2.45, 2.75) is 13.3 Å². The van der Waals surface area contributed by atoms with Gasteiger partial charge in [-0.15, -0.1) is 11.3 Å². The van der Waals surface area contributed by atoms with Crippen molar-refractivity contribution in [3.63, 3.8) is 0 Å². The zero-order chi connectivity index (χ0) is 11.7. The van der Waals surface area contributed by atoms with Gasteiger partial charge in [0.15, 0.2) is 0 Å². The lowest BCUT2D eigenvalue weighted by Crippen LogP contribution is -2.43. The van der Waals surface area contributed by atoms with Crippen LogP contribution in [0.3, 0.4) is 0 Å². The molecule has 0 saturated carbocycles. The lowest BCUT2D eigenvalue weighted by Gasteiger charge is -2.29. The highest BCUT2D eigenvalue weighted by Gasteiger charge is 2.11. The van der Waals surface area contributed by atoms with E-state index < -0.39 is 0 Å². The van der Waals surface area contributed by atoms with Crippen LogP contribution in [0.2, 0.25) is 0 Å². The highest BCUT2D eigenvalue weighted by atomic mass is 32.1. The summed E-state index contributed by atoms with van der Waals surface area (Å²) in [5.74, 6) is 0. The van der Waals surface area contributed by atoms with Crippen molar-refractivity contribution in [3.05, 3.63) is 23.2 Å². The summed E-state index contributed by atoms with van der Waals surface area (Å²) in [5.41, 5.74) is 2.47. The molecule has 3 rings (SSSR count). The van der Waals surface area contributed by atoms with Crippen LogP contribution in [-0.4, -0.2) is 31.2 Å². The fourth-order valence-electron chi connectivity index (χ4n) is 2.23. The molecule has 0 atom stereocenters. The number of fused-ring (bicyclic) bond motifs is 1. The van der Waals surface area contributed by atoms with Gasteiger partial charge >= 0.3 is 0 Å². The quantitative estimate of drug-likeness (QED) is 0.882. The molecule has 2 heterocycles. The molecule has 0 aliphatic carbocycles. The minimum atomic E-state index is 1.03. The lowest BCUT2D eigenvalue weighted by molar-refractivity contribution is 0.589. The van der Waals surface area contributed by atoms with Gasteiger partial charge in [0.05, 0.1) is 15.2 Å². The van der Waals surface area contributed by atoms with Crippen LogP contribution >= 0.6 is 11.3 Å². The van der Waals surface area contributed by atoms with Crippen molar-refractivity contribution < 1.29 is 0 Å². The average Bonchev–Trinajstić information content (AvgIpc) is 2.81. The molecular formula is C13H17N3S. The number of aromatic nitrogens is 1. The number of hydrogen-bond donors (Lipinski definition) is 1. The Morgan fingerprint density at radius 2 is 2.18 bits per heavy atom. The molecule has 0 spiro atoms. The van der Waals surface area contributed by atoms with Crippen molar-refractivity contribution in [2.75, 3.05) is 31.1 Å². The summed E-state index contributed by atoms with van der Waals surface area (Å²) in [4.78, 5) is 7.09. The molecule has 4 heteroatoms. The van der Waals surface area contributed by atoms with E-state index in [0.29, 0.717) is 0 Å². The molecule has 90 valence electrons. The Morgan fingerprint density at radius 3 is 2.94 bits per heavy atom. The minimum Gasteiger partial charge on any atom is -0.369 e. The Labute approximate surface area is 105 Å². The fourth-order valence-corrected chi connectivity index (χ4v) is 3.12. The fraction of sp³-hybridized carbons (Fsp3) is 0.462. The van der Waals surface area contributed by atoms with Crippen LogP contribution in [0.25, 0.3) is 10.2 Å². The Hall–Kier alpha value is -1.13. The van der Waals surface area contributed by atoms with Gasteiger partial charge in [0.1, 0.15) is 0 Å². The van der Waals surface area contributed by atoms with Gasteiger partial charge in [-0.05, 0) is 24.6 Å². The molecule has 1 aromatic carbocycles. The summed E-state index contributed by atoms with van der Waals surface area (Å²) in [6.45, 7) is 6.51. The molecule has 0 amide bonds. The standard InChI is InChI=1S/C13H17N3S/c1-2-13-15-11-9-10(3-4-12(11)17-13)16-7-5-14-6-8-16/h3-4,9,14H,2,5-8H2,1H3. The zero-order valence-corrected chi connectivity index (χ0v) is 10.9. The number of benzene rings is 1. The molecule has 3 nitrogen and oxygen atoms in total. The second kappa shape index (κ2) is 4.63. The molecule has 1 aromatic heterocycles. The largest absolute Gasteiger partial charge is 0.369 e. The normalized spacial score (nSPS) is 16.6. The van der Waals surface area contributed by atoms with Gasteiger partial charge < -0.3 is 10.2 Å². The highest BCUT2D eigenvalue weighted by Crippen LogP contribution is 2.27. The van der Waals surface area contributed by atoms with E-state index in [1.54, 1.807) is 0 Å². The summed E-state index contributed by atoms with van der Waals surface area (Å²) < 4.78 is 1.31. The summed E-state index contributed by atoms with van der Waals surface area (Å²) in [6.07, 6.45) is 1.03. The minimum absolute atomic E-state index is 1.03. The molecule has 1 saturated heterocycles. The predicted octanol–water partition coefficient (Wildman–Crippen LogP) is 2.27. The van der Waals surface area contributed by atoms with Crippen LogP contribution in [0.4, 0.5) is 5.69 Å². The van der Waals surface area contributed by atoms with Gasteiger partial charge in [0.25, 0.3) is 0 Å². The van der Waals surface area contributed by atoms with Gasteiger partial charge in [-0.1, -0.05) is 6.92 Å². The van der Waals surface area contributed by atoms with E-state index in [1.165, 1.54) is 15.4 Å². The van der Waals surface area contributed by atoms with Gasteiger partial charge in [-0.2, -0.15) is 0 Å². The van der Waals surface area contributed by atoms with E-state index in [0.717, 1.165) is 38.1 Å². The van der Waals surface area contributed by atoms with Crippen LogP contribution in [0, 0.1) is 0 Å². The number of thiazole rings is 1. The van der Waals surface area contributed by atoms with E-state index in [9.17, 15) is 0 Å².